The molecule has 2 aromatic carbocycles. The molecule has 2 fully saturated rings. The minimum atomic E-state index is -0.720. The summed E-state index contributed by atoms with van der Waals surface area (Å²) in [6.07, 6.45) is 2.16. The maximum absolute atomic E-state index is 12.1. The van der Waals surface area contributed by atoms with Crippen LogP contribution in [0.15, 0.2) is 42.5 Å². The molecule has 4 rings (SSSR count). The molecular formula is C26H37ClFNO8. The second-order valence-electron chi connectivity index (χ2n) is 8.29. The van der Waals surface area contributed by atoms with Crippen molar-refractivity contribution in [3.63, 3.8) is 0 Å². The van der Waals surface area contributed by atoms with Crippen molar-refractivity contribution in [2.45, 2.75) is 56.5 Å². The standard InChI is InChI=1S/C19H20ClFO4.C5H9NO2.2CH4O/c20-18-6-3-13(19-10-15(23)9-17(11-22)24-19)8-14(18)7-12-1-4-16(25-21)5-2-12;7-5(8)4-2-1-3-6-4;2*1-2/h1-6,8,15,17,19,22-23H,7,9-11H2;4,6H,1-3H2,(H,7,8);2*2H,1H3/t15-,17-,19+;4-;;/m00../s1. The van der Waals surface area contributed by atoms with E-state index in [4.69, 9.17) is 31.7 Å². The van der Waals surface area contributed by atoms with Crippen molar-refractivity contribution >= 4 is 17.6 Å². The number of nitrogens with one attached hydrogen (secondary N) is 1. The van der Waals surface area contributed by atoms with E-state index in [1.807, 2.05) is 18.2 Å². The summed E-state index contributed by atoms with van der Waals surface area (Å²) in [7, 11) is 2.00. The van der Waals surface area contributed by atoms with Crippen LogP contribution in [0.4, 0.5) is 4.53 Å². The van der Waals surface area contributed by atoms with Gasteiger partial charge in [0.1, 0.15) is 6.04 Å². The third-order valence-electron chi connectivity index (χ3n) is 5.79. The van der Waals surface area contributed by atoms with E-state index in [9.17, 15) is 19.5 Å². The Balaban J connectivity index is 0.000000478. The third kappa shape index (κ3) is 10.9. The van der Waals surface area contributed by atoms with E-state index < -0.39 is 12.1 Å². The summed E-state index contributed by atoms with van der Waals surface area (Å²) in [6, 6.07) is 12.0. The van der Waals surface area contributed by atoms with Gasteiger partial charge in [-0.05, 0) is 60.7 Å². The number of benzene rings is 2. The Morgan fingerprint density at radius 3 is 2.32 bits per heavy atom. The zero-order valence-electron chi connectivity index (χ0n) is 21.0. The van der Waals surface area contributed by atoms with Crippen molar-refractivity contribution in [3.05, 3.63) is 64.2 Å². The number of carboxylic acid groups (broad SMARTS) is 1. The van der Waals surface area contributed by atoms with E-state index in [0.717, 1.165) is 50.3 Å². The molecule has 2 heterocycles. The fourth-order valence-corrected chi connectivity index (χ4v) is 4.21. The number of carboxylic acids is 1. The number of hydrogen-bond donors (Lipinski definition) is 6. The first-order valence-electron chi connectivity index (χ1n) is 11.9. The van der Waals surface area contributed by atoms with Gasteiger partial charge < -0.3 is 35.6 Å². The Morgan fingerprint density at radius 1 is 1.14 bits per heavy atom. The molecule has 0 amide bonds. The molecule has 208 valence electrons. The first-order valence-corrected chi connectivity index (χ1v) is 12.2. The Morgan fingerprint density at radius 2 is 1.81 bits per heavy atom. The van der Waals surface area contributed by atoms with Crippen LogP contribution in [0, 0.1) is 0 Å². The van der Waals surface area contributed by atoms with Gasteiger partial charge in [0.25, 0.3) is 0 Å². The Labute approximate surface area is 221 Å². The van der Waals surface area contributed by atoms with Crippen molar-refractivity contribution in [2.24, 2.45) is 0 Å². The highest BCUT2D eigenvalue weighted by molar-refractivity contribution is 6.31. The van der Waals surface area contributed by atoms with E-state index in [1.54, 1.807) is 24.3 Å². The topological polar surface area (TPSA) is 149 Å². The molecule has 2 aliphatic heterocycles. The number of rotatable bonds is 6. The second kappa shape index (κ2) is 18.0. The maximum atomic E-state index is 12.1. The van der Waals surface area contributed by atoms with Crippen LogP contribution in [0.2, 0.25) is 5.02 Å². The van der Waals surface area contributed by atoms with Gasteiger partial charge in [-0.15, -0.1) is 0 Å². The van der Waals surface area contributed by atoms with Crippen LogP contribution in [-0.4, -0.2) is 77.1 Å². The smallest absolute Gasteiger partial charge is 0.320 e. The van der Waals surface area contributed by atoms with Gasteiger partial charge in [-0.3, -0.25) is 9.74 Å². The van der Waals surface area contributed by atoms with Crippen molar-refractivity contribution < 1.29 is 44.5 Å². The molecule has 0 spiro atoms. The van der Waals surface area contributed by atoms with Gasteiger partial charge in [0.15, 0.2) is 5.75 Å². The molecular weight excluding hydrogens is 509 g/mol. The van der Waals surface area contributed by atoms with Crippen LogP contribution in [0.25, 0.3) is 0 Å². The number of carbonyl (C=O) groups is 1. The van der Waals surface area contributed by atoms with Gasteiger partial charge in [-0.1, -0.05) is 35.9 Å². The third-order valence-corrected chi connectivity index (χ3v) is 6.16. The summed E-state index contributed by atoms with van der Waals surface area (Å²) in [6.45, 7) is 0.744. The van der Waals surface area contributed by atoms with Crippen LogP contribution < -0.4 is 10.3 Å². The largest absolute Gasteiger partial charge is 0.480 e. The second-order valence-corrected chi connectivity index (χ2v) is 8.70. The lowest BCUT2D eigenvalue weighted by Crippen LogP contribution is -2.33. The molecule has 37 heavy (non-hydrogen) atoms. The number of aliphatic hydroxyl groups excluding tert-OH is 4. The van der Waals surface area contributed by atoms with E-state index in [0.29, 0.717) is 24.3 Å². The Kier molecular flexibility index (Phi) is 15.9. The highest BCUT2D eigenvalue weighted by Gasteiger charge is 2.29. The molecule has 0 unspecified atom stereocenters. The molecule has 11 heteroatoms. The average molecular weight is 546 g/mol. The first kappa shape index (κ1) is 32.7. The quantitative estimate of drug-likeness (QED) is 0.322. The highest BCUT2D eigenvalue weighted by Crippen LogP contribution is 2.33. The number of aliphatic hydroxyl groups is 4. The summed E-state index contributed by atoms with van der Waals surface area (Å²) in [5, 5.41) is 45.1. The lowest BCUT2D eigenvalue weighted by molar-refractivity contribution is -0.139. The number of halogens is 2. The molecule has 2 aliphatic rings. The van der Waals surface area contributed by atoms with E-state index in [1.165, 1.54) is 0 Å². The Hall–Kier alpha value is -2.31. The number of aliphatic carboxylic acids is 1. The van der Waals surface area contributed by atoms with Gasteiger partial charge in [0.2, 0.25) is 0 Å². The molecule has 9 nitrogen and oxygen atoms in total. The SMILES string of the molecule is CO.CO.O=C(O)[C@@H]1CCCN1.OC[C@@H]1C[C@H](O)C[C@H](c2ccc(Cl)c(Cc3ccc(OF)cc3)c2)O1. The van der Waals surface area contributed by atoms with Crippen LogP contribution in [0.3, 0.4) is 0 Å². The van der Waals surface area contributed by atoms with Gasteiger partial charge in [-0.25, -0.2) is 0 Å². The lowest BCUT2D eigenvalue weighted by Gasteiger charge is -2.32. The maximum Gasteiger partial charge on any atom is 0.320 e. The molecule has 0 aliphatic carbocycles. The van der Waals surface area contributed by atoms with Crippen LogP contribution in [0.5, 0.6) is 5.75 Å². The van der Waals surface area contributed by atoms with Crippen molar-refractivity contribution in [3.8, 4) is 5.75 Å². The van der Waals surface area contributed by atoms with Gasteiger partial charge >= 0.3 is 5.97 Å². The molecule has 2 saturated heterocycles. The zero-order chi connectivity index (χ0) is 27.8. The summed E-state index contributed by atoms with van der Waals surface area (Å²) in [4.78, 5) is 13.8. The number of hydrogen-bond acceptors (Lipinski definition) is 8. The van der Waals surface area contributed by atoms with Crippen LogP contribution >= 0.6 is 11.6 Å². The molecule has 2 aromatic rings. The van der Waals surface area contributed by atoms with Crippen molar-refractivity contribution in [2.75, 3.05) is 27.4 Å². The van der Waals surface area contributed by atoms with Crippen molar-refractivity contribution in [1.82, 2.24) is 5.32 Å². The first-order chi connectivity index (χ1) is 17.9. The predicted octanol–water partition coefficient (Wildman–Crippen LogP) is 2.81. The summed E-state index contributed by atoms with van der Waals surface area (Å²) in [5.41, 5.74) is 2.80. The molecule has 0 saturated carbocycles. The monoisotopic (exact) mass is 545 g/mol. The Bertz CT molecular complexity index is 912. The van der Waals surface area contributed by atoms with Crippen molar-refractivity contribution in [1.29, 1.82) is 0 Å². The minimum Gasteiger partial charge on any atom is -0.480 e. The van der Waals surface area contributed by atoms with Gasteiger partial charge in [0, 0.05) is 36.6 Å². The summed E-state index contributed by atoms with van der Waals surface area (Å²) in [5.74, 6) is -0.564. The van der Waals surface area contributed by atoms with E-state index in [2.05, 4.69) is 10.3 Å². The fourth-order valence-electron chi connectivity index (χ4n) is 4.03. The van der Waals surface area contributed by atoms with Crippen LogP contribution in [-0.2, 0) is 16.0 Å². The molecule has 6 N–H and O–H groups in total. The summed E-state index contributed by atoms with van der Waals surface area (Å²) < 4.78 is 18.0. The number of ether oxygens (including phenoxy) is 1. The highest BCUT2D eigenvalue weighted by atomic mass is 35.5. The predicted molar refractivity (Wildman–Crippen MR) is 137 cm³/mol. The zero-order valence-corrected chi connectivity index (χ0v) is 21.8. The summed E-state index contributed by atoms with van der Waals surface area (Å²) >= 11 is 6.31. The fraction of sp³-hybridized carbons (Fsp3) is 0.500. The average Bonchev–Trinajstić information content (AvgIpc) is 3.48. The molecule has 0 aromatic heterocycles. The van der Waals surface area contributed by atoms with Gasteiger partial charge in [-0.2, -0.15) is 0 Å². The molecule has 4 atom stereocenters. The normalized spacial score (nSPS) is 22.3. The van der Waals surface area contributed by atoms with E-state index >= 15 is 0 Å². The molecule has 0 bridgehead atoms. The van der Waals surface area contributed by atoms with E-state index in [-0.39, 0.29) is 30.6 Å². The minimum absolute atomic E-state index is 0.114. The van der Waals surface area contributed by atoms with Gasteiger partial charge in [0.05, 0.1) is 24.9 Å². The van der Waals surface area contributed by atoms with Crippen LogP contribution in [0.1, 0.15) is 48.5 Å². The lowest BCUT2D eigenvalue weighted by atomic mass is 9.94. The molecule has 0 radical (unpaired) electrons.